The molecule has 0 saturated heterocycles. The van der Waals surface area contributed by atoms with Crippen molar-refractivity contribution >= 4 is 11.6 Å². The monoisotopic (exact) mass is 242 g/mol. The summed E-state index contributed by atoms with van der Waals surface area (Å²) in [7, 11) is 1.65. The molecule has 0 aliphatic carbocycles. The van der Waals surface area contributed by atoms with Gasteiger partial charge in [-0.3, -0.25) is 0 Å². The Bertz CT molecular complexity index is 355. The Morgan fingerprint density at radius 1 is 1.38 bits per heavy atom. The highest BCUT2D eigenvalue weighted by Crippen LogP contribution is 2.33. The maximum absolute atomic E-state index is 9.71. The Morgan fingerprint density at radius 2 is 2.00 bits per heavy atom. The topological polar surface area (TPSA) is 29.5 Å². The normalized spacial score (nSPS) is 13.6. The first-order chi connectivity index (χ1) is 7.40. The lowest BCUT2D eigenvalue weighted by Gasteiger charge is -2.23. The van der Waals surface area contributed by atoms with Gasteiger partial charge in [-0.2, -0.15) is 0 Å². The lowest BCUT2D eigenvalue weighted by molar-refractivity contribution is 0.202. The van der Waals surface area contributed by atoms with Gasteiger partial charge in [-0.05, 0) is 28.7 Å². The van der Waals surface area contributed by atoms with E-state index in [9.17, 15) is 5.11 Å². The van der Waals surface area contributed by atoms with Crippen LogP contribution in [0.3, 0.4) is 0 Å². The molecule has 0 spiro atoms. The second-order valence-electron chi connectivity index (χ2n) is 4.88. The summed E-state index contributed by atoms with van der Waals surface area (Å²) in [6, 6.07) is 5.69. The maximum atomic E-state index is 9.71. The first-order valence-electron chi connectivity index (χ1n) is 5.32. The number of aliphatic hydroxyl groups is 1. The molecule has 0 fully saturated rings. The van der Waals surface area contributed by atoms with E-state index in [1.165, 1.54) is 0 Å². The fourth-order valence-electron chi connectivity index (χ4n) is 1.61. The third-order valence-electron chi connectivity index (χ3n) is 2.56. The lowest BCUT2D eigenvalue weighted by atomic mass is 9.85. The van der Waals surface area contributed by atoms with Gasteiger partial charge in [0.05, 0.1) is 19.1 Å². The van der Waals surface area contributed by atoms with Crippen molar-refractivity contribution in [1.82, 2.24) is 0 Å². The molecule has 0 bridgehead atoms. The number of benzene rings is 1. The van der Waals surface area contributed by atoms with E-state index in [-0.39, 0.29) is 11.3 Å². The molecule has 1 rings (SSSR count). The average molecular weight is 243 g/mol. The Labute approximate surface area is 102 Å². The Morgan fingerprint density at radius 3 is 2.44 bits per heavy atom. The highest BCUT2D eigenvalue weighted by Gasteiger charge is 2.20. The van der Waals surface area contributed by atoms with Crippen LogP contribution in [0.4, 0.5) is 0 Å². The Kier molecular flexibility index (Phi) is 4.22. The van der Waals surface area contributed by atoms with E-state index in [0.717, 1.165) is 16.9 Å². The summed E-state index contributed by atoms with van der Waals surface area (Å²) in [5.41, 5.74) is 1.89. The van der Waals surface area contributed by atoms with Crippen LogP contribution in [-0.2, 0) is 5.41 Å². The standard InChI is InChI=1S/C13H19ClO2/c1-13(2,3)10-7-9(11(15)8-14)5-6-12(10)16-4/h5-7,11,15H,8H2,1-4H3. The van der Waals surface area contributed by atoms with Crippen LogP contribution in [0.1, 0.15) is 38.0 Å². The van der Waals surface area contributed by atoms with Gasteiger partial charge in [-0.25, -0.2) is 0 Å². The summed E-state index contributed by atoms with van der Waals surface area (Å²) >= 11 is 5.65. The summed E-state index contributed by atoms with van der Waals surface area (Å²) in [6.45, 7) is 6.34. The number of ether oxygens (including phenoxy) is 1. The van der Waals surface area contributed by atoms with Crippen LogP contribution in [0, 0.1) is 0 Å². The molecular formula is C13H19ClO2. The van der Waals surface area contributed by atoms with Crippen LogP contribution in [0.2, 0.25) is 0 Å². The van der Waals surface area contributed by atoms with Crippen molar-refractivity contribution in [2.45, 2.75) is 32.3 Å². The van der Waals surface area contributed by atoms with Crippen molar-refractivity contribution in [3.05, 3.63) is 29.3 Å². The summed E-state index contributed by atoms with van der Waals surface area (Å²) < 4.78 is 5.33. The molecule has 0 heterocycles. The predicted octanol–water partition coefficient (Wildman–Crippen LogP) is 3.26. The molecule has 16 heavy (non-hydrogen) atoms. The van der Waals surface area contributed by atoms with Gasteiger partial charge in [0.1, 0.15) is 5.75 Å². The molecular weight excluding hydrogens is 224 g/mol. The summed E-state index contributed by atoms with van der Waals surface area (Å²) in [4.78, 5) is 0. The zero-order chi connectivity index (χ0) is 12.3. The number of halogens is 1. The molecule has 0 saturated carbocycles. The zero-order valence-corrected chi connectivity index (χ0v) is 11.0. The first-order valence-corrected chi connectivity index (χ1v) is 5.86. The molecule has 1 aromatic rings. The van der Waals surface area contributed by atoms with Gasteiger partial charge in [-0.15, -0.1) is 11.6 Å². The van der Waals surface area contributed by atoms with E-state index >= 15 is 0 Å². The molecule has 2 nitrogen and oxygen atoms in total. The van der Waals surface area contributed by atoms with Gasteiger partial charge in [0, 0.05) is 0 Å². The zero-order valence-electron chi connectivity index (χ0n) is 10.2. The fourth-order valence-corrected chi connectivity index (χ4v) is 1.79. The van der Waals surface area contributed by atoms with E-state index in [0.29, 0.717) is 0 Å². The Hall–Kier alpha value is -0.730. The average Bonchev–Trinajstić information content (AvgIpc) is 2.26. The quantitative estimate of drug-likeness (QED) is 0.825. The van der Waals surface area contributed by atoms with Crippen molar-refractivity contribution in [2.75, 3.05) is 13.0 Å². The summed E-state index contributed by atoms with van der Waals surface area (Å²) in [5, 5.41) is 9.71. The molecule has 0 radical (unpaired) electrons. The van der Waals surface area contributed by atoms with Crippen LogP contribution in [0.15, 0.2) is 18.2 Å². The van der Waals surface area contributed by atoms with Gasteiger partial charge in [0.25, 0.3) is 0 Å². The van der Waals surface area contributed by atoms with E-state index in [4.69, 9.17) is 16.3 Å². The molecule has 3 heteroatoms. The van der Waals surface area contributed by atoms with E-state index in [1.807, 2.05) is 18.2 Å². The minimum atomic E-state index is -0.617. The van der Waals surface area contributed by atoms with Crippen molar-refractivity contribution in [3.63, 3.8) is 0 Å². The second-order valence-corrected chi connectivity index (χ2v) is 5.19. The second kappa shape index (κ2) is 5.07. The van der Waals surface area contributed by atoms with Crippen LogP contribution >= 0.6 is 11.6 Å². The molecule has 1 aromatic carbocycles. The maximum Gasteiger partial charge on any atom is 0.122 e. The highest BCUT2D eigenvalue weighted by atomic mass is 35.5. The number of alkyl halides is 1. The molecule has 0 amide bonds. The largest absolute Gasteiger partial charge is 0.496 e. The van der Waals surface area contributed by atoms with E-state index < -0.39 is 6.10 Å². The summed E-state index contributed by atoms with van der Waals surface area (Å²) in [5.74, 6) is 1.05. The number of rotatable bonds is 3. The van der Waals surface area contributed by atoms with Crippen LogP contribution in [-0.4, -0.2) is 18.1 Å². The molecule has 0 aliphatic heterocycles. The van der Waals surface area contributed by atoms with Gasteiger partial charge in [0.2, 0.25) is 0 Å². The van der Waals surface area contributed by atoms with Gasteiger partial charge < -0.3 is 9.84 Å². The number of hydrogen-bond donors (Lipinski definition) is 1. The number of methoxy groups -OCH3 is 1. The van der Waals surface area contributed by atoms with Crippen LogP contribution in [0.25, 0.3) is 0 Å². The molecule has 0 aromatic heterocycles. The number of aliphatic hydroxyl groups excluding tert-OH is 1. The molecule has 0 aliphatic rings. The SMILES string of the molecule is COc1ccc(C(O)CCl)cc1C(C)(C)C. The highest BCUT2D eigenvalue weighted by molar-refractivity contribution is 6.18. The first kappa shape index (κ1) is 13.3. The van der Waals surface area contributed by atoms with Gasteiger partial charge in [0.15, 0.2) is 0 Å². The van der Waals surface area contributed by atoms with Crippen molar-refractivity contribution in [3.8, 4) is 5.75 Å². The fraction of sp³-hybridized carbons (Fsp3) is 0.538. The van der Waals surface area contributed by atoms with Crippen LogP contribution < -0.4 is 4.74 Å². The van der Waals surface area contributed by atoms with Crippen molar-refractivity contribution < 1.29 is 9.84 Å². The van der Waals surface area contributed by atoms with Crippen molar-refractivity contribution in [1.29, 1.82) is 0 Å². The molecule has 1 N–H and O–H groups in total. The Balaban J connectivity index is 3.22. The smallest absolute Gasteiger partial charge is 0.122 e. The summed E-state index contributed by atoms with van der Waals surface area (Å²) in [6.07, 6.45) is -0.617. The minimum absolute atomic E-state index is 0.0205. The minimum Gasteiger partial charge on any atom is -0.496 e. The van der Waals surface area contributed by atoms with Crippen LogP contribution in [0.5, 0.6) is 5.75 Å². The molecule has 1 unspecified atom stereocenters. The lowest BCUT2D eigenvalue weighted by Crippen LogP contribution is -2.14. The van der Waals surface area contributed by atoms with Crippen molar-refractivity contribution in [2.24, 2.45) is 0 Å². The third kappa shape index (κ3) is 2.89. The molecule has 90 valence electrons. The van der Waals surface area contributed by atoms with E-state index in [2.05, 4.69) is 20.8 Å². The third-order valence-corrected chi connectivity index (χ3v) is 2.85. The number of hydrogen-bond acceptors (Lipinski definition) is 2. The van der Waals surface area contributed by atoms with E-state index in [1.54, 1.807) is 7.11 Å². The van der Waals surface area contributed by atoms with Gasteiger partial charge in [-0.1, -0.05) is 26.8 Å². The predicted molar refractivity (Wildman–Crippen MR) is 67.4 cm³/mol. The van der Waals surface area contributed by atoms with Gasteiger partial charge >= 0.3 is 0 Å². The molecule has 1 atom stereocenters.